The predicted molar refractivity (Wildman–Crippen MR) is 75.3 cm³/mol. The van der Waals surface area contributed by atoms with Gasteiger partial charge in [0, 0.05) is 12.6 Å². The molecule has 1 aromatic heterocycles. The van der Waals surface area contributed by atoms with E-state index in [1.807, 2.05) is 0 Å². The molecular formula is C12H12N4O4S. The maximum Gasteiger partial charge on any atom is 0.264 e. The first-order valence-corrected chi connectivity index (χ1v) is 7.26. The summed E-state index contributed by atoms with van der Waals surface area (Å²) in [5.74, 6) is -0.572. The summed E-state index contributed by atoms with van der Waals surface area (Å²) in [6.45, 7) is 1.36. The van der Waals surface area contributed by atoms with Crippen LogP contribution in [-0.4, -0.2) is 29.4 Å². The Morgan fingerprint density at radius 3 is 2.24 bits per heavy atom. The van der Waals surface area contributed by atoms with E-state index in [0.717, 1.165) is 12.4 Å². The van der Waals surface area contributed by atoms with Crippen LogP contribution in [0.1, 0.15) is 6.92 Å². The minimum Gasteiger partial charge on any atom is -0.505 e. The molecule has 0 bridgehead atoms. The van der Waals surface area contributed by atoms with E-state index in [1.165, 1.54) is 31.2 Å². The number of hydrogen-bond donors (Lipinski definition) is 3. The monoisotopic (exact) mass is 308 g/mol. The van der Waals surface area contributed by atoms with E-state index < -0.39 is 10.0 Å². The number of carbonyl (C=O) groups is 1. The number of carbonyl (C=O) groups excluding carboxylic acids is 1. The Kier molecular flexibility index (Phi) is 4.03. The van der Waals surface area contributed by atoms with Crippen molar-refractivity contribution in [3.05, 3.63) is 36.7 Å². The third-order valence-electron chi connectivity index (χ3n) is 2.35. The average molecular weight is 308 g/mol. The predicted octanol–water partition coefficient (Wildman–Crippen LogP) is 0.941. The molecule has 1 aromatic carbocycles. The summed E-state index contributed by atoms with van der Waals surface area (Å²) >= 11 is 0. The van der Waals surface area contributed by atoms with Crippen LogP contribution in [0.15, 0.2) is 41.6 Å². The lowest BCUT2D eigenvalue weighted by atomic mass is 10.3. The van der Waals surface area contributed by atoms with Crippen molar-refractivity contribution in [1.29, 1.82) is 0 Å². The van der Waals surface area contributed by atoms with Crippen LogP contribution in [0.4, 0.5) is 11.6 Å². The lowest BCUT2D eigenvalue weighted by Gasteiger charge is -2.07. The summed E-state index contributed by atoms with van der Waals surface area (Å²) in [5.41, 5.74) is 0.488. The minimum atomic E-state index is -3.84. The van der Waals surface area contributed by atoms with E-state index in [9.17, 15) is 13.2 Å². The number of hydrogen-bond acceptors (Lipinski definition) is 6. The van der Waals surface area contributed by atoms with Crippen LogP contribution >= 0.6 is 0 Å². The van der Waals surface area contributed by atoms with Crippen LogP contribution in [0, 0.1) is 0 Å². The number of sulfonamides is 1. The Labute approximate surface area is 120 Å². The molecule has 1 amide bonds. The van der Waals surface area contributed by atoms with E-state index in [1.54, 1.807) is 0 Å². The van der Waals surface area contributed by atoms with E-state index in [4.69, 9.17) is 5.11 Å². The summed E-state index contributed by atoms with van der Waals surface area (Å²) in [4.78, 5) is 18.2. The second-order valence-electron chi connectivity index (χ2n) is 4.08. The largest absolute Gasteiger partial charge is 0.505 e. The summed E-state index contributed by atoms with van der Waals surface area (Å²) in [6, 6.07) is 5.61. The Balaban J connectivity index is 2.19. The summed E-state index contributed by atoms with van der Waals surface area (Å²) in [6.07, 6.45) is 2.15. The van der Waals surface area contributed by atoms with Gasteiger partial charge in [-0.15, -0.1) is 0 Å². The zero-order chi connectivity index (χ0) is 15.5. The highest BCUT2D eigenvalue weighted by atomic mass is 32.2. The van der Waals surface area contributed by atoms with Crippen molar-refractivity contribution in [2.45, 2.75) is 11.8 Å². The van der Waals surface area contributed by atoms with Crippen LogP contribution in [0.3, 0.4) is 0 Å². The van der Waals surface area contributed by atoms with Crippen LogP contribution in [0.25, 0.3) is 0 Å². The van der Waals surface area contributed by atoms with Crippen molar-refractivity contribution in [2.24, 2.45) is 0 Å². The quantitative estimate of drug-likeness (QED) is 0.773. The van der Waals surface area contributed by atoms with Crippen molar-refractivity contribution in [3.63, 3.8) is 0 Å². The highest BCUT2D eigenvalue weighted by Crippen LogP contribution is 2.16. The molecule has 0 radical (unpaired) electrons. The fourth-order valence-electron chi connectivity index (χ4n) is 1.47. The molecule has 0 saturated carbocycles. The van der Waals surface area contributed by atoms with Crippen LogP contribution < -0.4 is 10.0 Å². The number of anilines is 2. The fourth-order valence-corrected chi connectivity index (χ4v) is 2.43. The van der Waals surface area contributed by atoms with Gasteiger partial charge in [0.1, 0.15) is 0 Å². The van der Waals surface area contributed by atoms with Crippen molar-refractivity contribution >= 4 is 27.6 Å². The minimum absolute atomic E-state index is 0.00622. The van der Waals surface area contributed by atoms with Crippen molar-refractivity contribution in [1.82, 2.24) is 9.97 Å². The first kappa shape index (κ1) is 14.7. The van der Waals surface area contributed by atoms with Gasteiger partial charge in [0.25, 0.3) is 10.0 Å². The van der Waals surface area contributed by atoms with Gasteiger partial charge >= 0.3 is 0 Å². The first-order chi connectivity index (χ1) is 9.87. The van der Waals surface area contributed by atoms with E-state index >= 15 is 0 Å². The number of nitrogens with one attached hydrogen (secondary N) is 2. The Morgan fingerprint density at radius 1 is 1.14 bits per heavy atom. The Hall–Kier alpha value is -2.68. The van der Waals surface area contributed by atoms with Gasteiger partial charge in [-0.2, -0.15) is 0 Å². The number of rotatable bonds is 4. The molecule has 0 aliphatic carbocycles. The zero-order valence-electron chi connectivity index (χ0n) is 10.9. The molecule has 3 N–H and O–H groups in total. The molecule has 0 spiro atoms. The van der Waals surface area contributed by atoms with E-state index in [2.05, 4.69) is 20.0 Å². The molecule has 110 valence electrons. The molecule has 0 atom stereocenters. The first-order valence-electron chi connectivity index (χ1n) is 5.78. The molecule has 2 rings (SSSR count). The van der Waals surface area contributed by atoms with Crippen molar-refractivity contribution in [2.75, 3.05) is 10.0 Å². The van der Waals surface area contributed by atoms with Gasteiger partial charge in [-0.25, -0.2) is 23.1 Å². The van der Waals surface area contributed by atoms with Crippen molar-refractivity contribution in [3.8, 4) is 5.75 Å². The number of aromatic hydroxyl groups is 1. The summed E-state index contributed by atoms with van der Waals surface area (Å²) in [5, 5.41) is 11.6. The molecule has 0 unspecified atom stereocenters. The van der Waals surface area contributed by atoms with Gasteiger partial charge < -0.3 is 10.4 Å². The highest BCUT2D eigenvalue weighted by Gasteiger charge is 2.15. The number of amides is 1. The lowest BCUT2D eigenvalue weighted by molar-refractivity contribution is -0.114. The molecule has 1 heterocycles. The van der Waals surface area contributed by atoms with Crippen LogP contribution in [0.2, 0.25) is 0 Å². The van der Waals surface area contributed by atoms with Gasteiger partial charge in [-0.3, -0.25) is 4.79 Å². The standard InChI is InChI=1S/C12H12N4O4S/c1-8(17)15-9-2-4-11(5-3-9)21(19,20)16-12-13-6-10(18)7-14-12/h2-7,18H,1H3,(H,15,17)(H,13,14,16). The van der Waals surface area contributed by atoms with Gasteiger partial charge in [-0.05, 0) is 24.3 Å². The Morgan fingerprint density at radius 2 is 1.71 bits per heavy atom. The summed E-state index contributed by atoms with van der Waals surface area (Å²) in [7, 11) is -3.84. The molecule has 8 nitrogen and oxygen atoms in total. The fraction of sp³-hybridized carbons (Fsp3) is 0.0833. The van der Waals surface area contributed by atoms with Gasteiger partial charge in [0.15, 0.2) is 5.75 Å². The lowest BCUT2D eigenvalue weighted by Crippen LogP contribution is -2.15. The van der Waals surface area contributed by atoms with Crippen LogP contribution in [-0.2, 0) is 14.8 Å². The molecule has 0 saturated heterocycles. The SMILES string of the molecule is CC(=O)Nc1ccc(S(=O)(=O)Nc2ncc(O)cn2)cc1. The van der Waals surface area contributed by atoms with Crippen molar-refractivity contribution < 1.29 is 18.3 Å². The summed E-state index contributed by atoms with van der Waals surface area (Å²) < 4.78 is 26.3. The molecule has 21 heavy (non-hydrogen) atoms. The third kappa shape index (κ3) is 3.89. The van der Waals surface area contributed by atoms with Gasteiger partial charge in [0.2, 0.25) is 11.9 Å². The maximum atomic E-state index is 12.1. The third-order valence-corrected chi connectivity index (χ3v) is 3.69. The molecule has 9 heteroatoms. The number of benzene rings is 1. The molecule has 0 aliphatic heterocycles. The molecule has 2 aromatic rings. The number of aromatic nitrogens is 2. The highest BCUT2D eigenvalue weighted by molar-refractivity contribution is 7.92. The van der Waals surface area contributed by atoms with E-state index in [-0.39, 0.29) is 22.5 Å². The second kappa shape index (κ2) is 5.75. The van der Waals surface area contributed by atoms with Gasteiger partial charge in [-0.1, -0.05) is 0 Å². The Bertz CT molecular complexity index is 742. The van der Waals surface area contributed by atoms with Gasteiger partial charge in [0.05, 0.1) is 17.3 Å². The zero-order valence-corrected chi connectivity index (χ0v) is 11.8. The smallest absolute Gasteiger partial charge is 0.264 e. The molecule has 0 fully saturated rings. The number of nitrogens with zero attached hydrogens (tertiary/aromatic N) is 2. The van der Waals surface area contributed by atoms with Crippen LogP contribution in [0.5, 0.6) is 5.75 Å². The maximum absolute atomic E-state index is 12.1. The average Bonchev–Trinajstić information content (AvgIpc) is 2.41. The van der Waals surface area contributed by atoms with E-state index in [0.29, 0.717) is 5.69 Å². The molecule has 0 aliphatic rings. The normalized spacial score (nSPS) is 10.9. The topological polar surface area (TPSA) is 121 Å². The molecular weight excluding hydrogens is 296 g/mol. The second-order valence-corrected chi connectivity index (χ2v) is 5.76.